The highest BCUT2D eigenvalue weighted by Crippen LogP contribution is 2.38. The summed E-state index contributed by atoms with van der Waals surface area (Å²) in [6.07, 6.45) is 3.98. The summed E-state index contributed by atoms with van der Waals surface area (Å²) in [4.78, 5) is 13.9. The van der Waals surface area contributed by atoms with E-state index in [0.29, 0.717) is 28.0 Å². The van der Waals surface area contributed by atoms with Crippen molar-refractivity contribution in [3.05, 3.63) is 53.1 Å². The largest absolute Gasteiger partial charge is 0.494 e. The maximum absolute atomic E-state index is 13.6. The number of rotatable bonds is 10. The van der Waals surface area contributed by atoms with Crippen molar-refractivity contribution in [3.63, 3.8) is 0 Å². The van der Waals surface area contributed by atoms with Gasteiger partial charge >= 0.3 is 0 Å². The third-order valence-electron chi connectivity index (χ3n) is 5.56. The van der Waals surface area contributed by atoms with Gasteiger partial charge in [0.05, 0.1) is 14.2 Å². The molecule has 12 nitrogen and oxygen atoms in total. The van der Waals surface area contributed by atoms with Crippen molar-refractivity contribution >= 4 is 27.3 Å². The van der Waals surface area contributed by atoms with E-state index in [1.54, 1.807) is 36.8 Å². The number of benzene rings is 1. The molecule has 0 saturated heterocycles. The second kappa shape index (κ2) is 10.8. The number of hydrogen-bond donors (Lipinski definition) is 1. The Balaban J connectivity index is 1.82. The standard InChI is InChI=1S/C23H27N7O5S2/c1-13-10-24-20(25-11-13)19(35-6)15(3)37(31,32)29-23-28-27-21(22-26-12-14(2)36-22)30(23)18-16(33-4)8-7-9-17(18)34-5/h7-12,15,19H,1-6H3,(H,28,29)/t15-,19-/m0/s1. The van der Waals surface area contributed by atoms with Gasteiger partial charge < -0.3 is 14.2 Å². The zero-order chi connectivity index (χ0) is 26.7. The van der Waals surface area contributed by atoms with E-state index in [0.717, 1.165) is 10.4 Å². The summed E-state index contributed by atoms with van der Waals surface area (Å²) in [5.74, 6) is 1.33. The molecular weight excluding hydrogens is 518 g/mol. The van der Waals surface area contributed by atoms with Crippen LogP contribution in [0.25, 0.3) is 16.5 Å². The van der Waals surface area contributed by atoms with Crippen LogP contribution in [0.1, 0.15) is 29.3 Å². The minimum atomic E-state index is -4.09. The van der Waals surface area contributed by atoms with Gasteiger partial charge in [0.15, 0.2) is 16.7 Å². The predicted molar refractivity (Wildman–Crippen MR) is 139 cm³/mol. The molecule has 0 fully saturated rings. The Morgan fingerprint density at radius 3 is 2.16 bits per heavy atom. The number of nitrogens with zero attached hydrogens (tertiary/aromatic N) is 6. The smallest absolute Gasteiger partial charge is 0.243 e. The molecule has 0 radical (unpaired) electrons. The van der Waals surface area contributed by atoms with Gasteiger partial charge in [-0.3, -0.25) is 9.29 Å². The lowest BCUT2D eigenvalue weighted by Crippen LogP contribution is -2.33. The normalized spacial score (nSPS) is 13.2. The molecule has 0 bridgehead atoms. The molecule has 1 N–H and O–H groups in total. The lowest BCUT2D eigenvalue weighted by atomic mass is 10.2. The van der Waals surface area contributed by atoms with E-state index in [1.165, 1.54) is 44.2 Å². The monoisotopic (exact) mass is 545 g/mol. The molecule has 0 unspecified atom stereocenters. The summed E-state index contributed by atoms with van der Waals surface area (Å²) < 4.78 is 47.9. The lowest BCUT2D eigenvalue weighted by Gasteiger charge is -2.22. The minimum Gasteiger partial charge on any atom is -0.494 e. The minimum absolute atomic E-state index is 0.0721. The predicted octanol–water partition coefficient (Wildman–Crippen LogP) is 3.33. The van der Waals surface area contributed by atoms with Gasteiger partial charge in [-0.05, 0) is 38.5 Å². The van der Waals surface area contributed by atoms with Gasteiger partial charge in [-0.15, -0.1) is 21.5 Å². The van der Waals surface area contributed by atoms with Crippen LogP contribution >= 0.6 is 11.3 Å². The van der Waals surface area contributed by atoms with Crippen LogP contribution in [0, 0.1) is 13.8 Å². The molecule has 1 aromatic carbocycles. The Morgan fingerprint density at radius 1 is 0.973 bits per heavy atom. The topological polar surface area (TPSA) is 143 Å². The van der Waals surface area contributed by atoms with Gasteiger partial charge in [-0.1, -0.05) is 6.07 Å². The lowest BCUT2D eigenvalue weighted by molar-refractivity contribution is 0.0949. The summed E-state index contributed by atoms with van der Waals surface area (Å²) in [5.41, 5.74) is 1.26. The Bertz CT molecular complexity index is 1460. The van der Waals surface area contributed by atoms with Crippen LogP contribution in [0.3, 0.4) is 0 Å². The first-order valence-electron chi connectivity index (χ1n) is 11.1. The number of thiazole rings is 1. The summed E-state index contributed by atoms with van der Waals surface area (Å²) in [6, 6.07) is 5.21. The maximum Gasteiger partial charge on any atom is 0.243 e. The number of ether oxygens (including phenoxy) is 3. The molecule has 0 amide bonds. The Hall–Kier alpha value is -3.62. The Kier molecular flexibility index (Phi) is 7.71. The summed E-state index contributed by atoms with van der Waals surface area (Å²) in [7, 11) is 0.327. The van der Waals surface area contributed by atoms with Crippen LogP contribution in [-0.4, -0.2) is 64.7 Å². The molecule has 0 aliphatic heterocycles. The highest BCUT2D eigenvalue weighted by Gasteiger charge is 2.35. The highest BCUT2D eigenvalue weighted by atomic mass is 32.2. The second-order valence-electron chi connectivity index (χ2n) is 8.10. The van der Waals surface area contributed by atoms with Crippen molar-refractivity contribution in [1.82, 2.24) is 29.7 Å². The molecule has 196 valence electrons. The second-order valence-corrected chi connectivity index (χ2v) is 11.4. The van der Waals surface area contributed by atoms with Crippen molar-refractivity contribution in [3.8, 4) is 28.0 Å². The van der Waals surface area contributed by atoms with E-state index in [1.807, 2.05) is 13.8 Å². The van der Waals surface area contributed by atoms with Crippen molar-refractivity contribution in [2.45, 2.75) is 32.1 Å². The number of aromatic nitrogens is 6. The third kappa shape index (κ3) is 5.26. The van der Waals surface area contributed by atoms with E-state index >= 15 is 0 Å². The van der Waals surface area contributed by atoms with Crippen LogP contribution in [-0.2, 0) is 14.8 Å². The van der Waals surface area contributed by atoms with Gasteiger partial charge in [0.25, 0.3) is 0 Å². The fourth-order valence-corrected chi connectivity index (χ4v) is 5.52. The number of aryl methyl sites for hydroxylation is 2. The summed E-state index contributed by atoms with van der Waals surface area (Å²) >= 11 is 1.39. The van der Waals surface area contributed by atoms with Crippen LogP contribution in [0.2, 0.25) is 0 Å². The van der Waals surface area contributed by atoms with Gasteiger partial charge in [0.2, 0.25) is 16.0 Å². The van der Waals surface area contributed by atoms with E-state index in [-0.39, 0.29) is 11.8 Å². The number of sulfonamides is 1. The van der Waals surface area contributed by atoms with Gasteiger partial charge in [0, 0.05) is 30.6 Å². The van der Waals surface area contributed by atoms with Gasteiger partial charge in [0.1, 0.15) is 28.5 Å². The zero-order valence-electron chi connectivity index (χ0n) is 21.2. The summed E-state index contributed by atoms with van der Waals surface area (Å²) in [6.45, 7) is 5.26. The van der Waals surface area contributed by atoms with Gasteiger partial charge in [-0.25, -0.2) is 23.4 Å². The van der Waals surface area contributed by atoms with E-state index in [4.69, 9.17) is 14.2 Å². The van der Waals surface area contributed by atoms with Gasteiger partial charge in [-0.2, -0.15) is 0 Å². The SMILES string of the molecule is COc1cccc(OC)c1-n1c(NS(=O)(=O)[C@@H](C)[C@H](OC)c2ncc(C)cn2)nnc1-c1ncc(C)s1. The van der Waals surface area contributed by atoms with Crippen molar-refractivity contribution in [2.24, 2.45) is 0 Å². The fourth-order valence-electron chi connectivity index (χ4n) is 3.65. The maximum atomic E-state index is 13.6. The molecule has 4 aromatic rings. The van der Waals surface area contributed by atoms with E-state index in [2.05, 4.69) is 29.9 Å². The fraction of sp³-hybridized carbons (Fsp3) is 0.348. The number of nitrogens with one attached hydrogen (secondary N) is 1. The quantitative estimate of drug-likeness (QED) is 0.315. The molecule has 3 heterocycles. The number of hydrogen-bond acceptors (Lipinski definition) is 11. The molecule has 2 atom stereocenters. The molecule has 14 heteroatoms. The van der Waals surface area contributed by atoms with Crippen LogP contribution in [0.5, 0.6) is 11.5 Å². The first kappa shape index (κ1) is 26.4. The third-order valence-corrected chi connectivity index (χ3v) is 8.16. The zero-order valence-corrected chi connectivity index (χ0v) is 22.8. The number of para-hydroxylation sites is 1. The molecule has 0 saturated carbocycles. The molecule has 3 aromatic heterocycles. The van der Waals surface area contributed by atoms with Crippen LogP contribution < -0.4 is 14.2 Å². The Morgan fingerprint density at radius 2 is 1.62 bits per heavy atom. The molecular formula is C23H27N7O5S2. The average Bonchev–Trinajstić information content (AvgIpc) is 3.50. The van der Waals surface area contributed by atoms with Crippen molar-refractivity contribution < 1.29 is 22.6 Å². The molecule has 0 spiro atoms. The number of methoxy groups -OCH3 is 3. The van der Waals surface area contributed by atoms with Crippen LogP contribution in [0.15, 0.2) is 36.8 Å². The average molecular weight is 546 g/mol. The highest BCUT2D eigenvalue weighted by molar-refractivity contribution is 7.93. The first-order chi connectivity index (χ1) is 17.7. The Labute approximate surface area is 218 Å². The van der Waals surface area contributed by atoms with E-state index < -0.39 is 21.4 Å². The van der Waals surface area contributed by atoms with Crippen molar-refractivity contribution in [2.75, 3.05) is 26.1 Å². The van der Waals surface area contributed by atoms with E-state index in [9.17, 15) is 8.42 Å². The molecule has 37 heavy (non-hydrogen) atoms. The molecule has 0 aliphatic carbocycles. The van der Waals surface area contributed by atoms with Crippen LogP contribution in [0.4, 0.5) is 5.95 Å². The molecule has 4 rings (SSSR count). The summed E-state index contributed by atoms with van der Waals surface area (Å²) in [5, 5.41) is 7.90. The first-order valence-corrected chi connectivity index (χ1v) is 13.5. The number of anilines is 1. The molecule has 0 aliphatic rings. The van der Waals surface area contributed by atoms with Crippen molar-refractivity contribution in [1.29, 1.82) is 0 Å².